The summed E-state index contributed by atoms with van der Waals surface area (Å²) in [5.74, 6) is 0.187. The maximum atomic E-state index is 13.5. The monoisotopic (exact) mass is 579 g/mol. The van der Waals surface area contributed by atoms with Crippen molar-refractivity contribution in [2.45, 2.75) is 63.8 Å². The van der Waals surface area contributed by atoms with E-state index < -0.39 is 21.5 Å². The molecule has 3 aliphatic rings. The van der Waals surface area contributed by atoms with Gasteiger partial charge >= 0.3 is 16.2 Å². The summed E-state index contributed by atoms with van der Waals surface area (Å²) in [7, 11) is 0.435. The molecule has 2 aromatic carbocycles. The number of aromatic nitrogens is 1. The van der Waals surface area contributed by atoms with Crippen LogP contribution in [0.15, 0.2) is 36.4 Å². The summed E-state index contributed by atoms with van der Waals surface area (Å²) in [5, 5.41) is 1.04. The Balaban J connectivity index is 1.60. The van der Waals surface area contributed by atoms with Crippen LogP contribution in [-0.4, -0.2) is 57.0 Å². The van der Waals surface area contributed by atoms with E-state index in [-0.39, 0.29) is 17.5 Å². The van der Waals surface area contributed by atoms with Gasteiger partial charge < -0.3 is 14.0 Å². The predicted octanol–water partition coefficient (Wildman–Crippen LogP) is 4.95. The number of benzene rings is 2. The van der Waals surface area contributed by atoms with Gasteiger partial charge in [-0.3, -0.25) is 9.59 Å². The molecule has 6 rings (SSSR count). The van der Waals surface area contributed by atoms with Gasteiger partial charge in [0.05, 0.1) is 24.8 Å². The van der Waals surface area contributed by atoms with Gasteiger partial charge in [-0.25, -0.2) is 4.72 Å². The van der Waals surface area contributed by atoms with Crippen LogP contribution in [0.1, 0.15) is 78.8 Å². The van der Waals surface area contributed by atoms with Crippen LogP contribution in [0.4, 0.5) is 0 Å². The highest BCUT2D eigenvalue weighted by Crippen LogP contribution is 2.66. The molecule has 2 aliphatic carbocycles. The van der Waals surface area contributed by atoms with Crippen molar-refractivity contribution in [3.63, 3.8) is 0 Å². The quantitative estimate of drug-likeness (QED) is 0.397. The third-order valence-electron chi connectivity index (χ3n) is 9.17. The smallest absolute Gasteiger partial charge is 0.314 e. The standard InChI is InChI=1S/C31H37N3O6S/c1-5-40-30(36)31-17-25(31)24-16-21(39-4)12-14-22(24)28-27(19-9-7-6-8-10-19)23-13-11-20(15-26(23)34(28)18-31)29(35)32-41(37,38)33(2)3/h11-16,19,25H,5-10,17-18H2,1-4H3,(H,32,35). The van der Waals surface area contributed by atoms with Crippen LogP contribution in [0, 0.1) is 5.41 Å². The van der Waals surface area contributed by atoms with E-state index in [9.17, 15) is 18.0 Å². The second-order valence-corrected chi connectivity index (χ2v) is 13.6. The van der Waals surface area contributed by atoms with E-state index in [4.69, 9.17) is 9.47 Å². The molecule has 2 heterocycles. The van der Waals surface area contributed by atoms with Gasteiger partial charge in [0.15, 0.2) is 0 Å². The molecule has 2 unspecified atom stereocenters. The third-order valence-corrected chi connectivity index (χ3v) is 10.6. The number of hydrogen-bond donors (Lipinski definition) is 1. The maximum Gasteiger partial charge on any atom is 0.314 e. The van der Waals surface area contributed by atoms with Crippen LogP contribution in [-0.2, 0) is 26.3 Å². The molecule has 218 valence electrons. The molecule has 0 radical (unpaired) electrons. The average molecular weight is 580 g/mol. The average Bonchev–Trinajstić information content (AvgIpc) is 3.63. The van der Waals surface area contributed by atoms with E-state index in [0.29, 0.717) is 25.5 Å². The van der Waals surface area contributed by atoms with Crippen molar-refractivity contribution >= 4 is 33.0 Å². The Bertz CT molecular complexity index is 1650. The van der Waals surface area contributed by atoms with Gasteiger partial charge in [-0.1, -0.05) is 25.3 Å². The fraction of sp³-hybridized carbons (Fsp3) is 0.484. The van der Waals surface area contributed by atoms with Gasteiger partial charge in [-0.15, -0.1) is 0 Å². The summed E-state index contributed by atoms with van der Waals surface area (Å²) in [6, 6.07) is 11.5. The van der Waals surface area contributed by atoms with Gasteiger partial charge in [0.25, 0.3) is 5.91 Å². The van der Waals surface area contributed by atoms with Gasteiger partial charge in [0, 0.05) is 48.6 Å². The number of hydrogen-bond acceptors (Lipinski definition) is 6. The van der Waals surface area contributed by atoms with Crippen LogP contribution in [0.25, 0.3) is 22.2 Å². The van der Waals surface area contributed by atoms with E-state index in [0.717, 1.165) is 63.5 Å². The molecule has 9 nitrogen and oxygen atoms in total. The first-order valence-electron chi connectivity index (χ1n) is 14.4. The number of methoxy groups -OCH3 is 1. The summed E-state index contributed by atoms with van der Waals surface area (Å²) in [5.41, 5.74) is 4.86. The number of carbonyl (C=O) groups excluding carboxylic acids is 2. The number of rotatable bonds is 7. The van der Waals surface area contributed by atoms with Crippen LogP contribution < -0.4 is 9.46 Å². The van der Waals surface area contributed by atoms with Crippen molar-refractivity contribution in [1.29, 1.82) is 0 Å². The number of amides is 1. The molecule has 10 heteroatoms. The van der Waals surface area contributed by atoms with E-state index in [2.05, 4.69) is 21.4 Å². The minimum atomic E-state index is -3.96. The molecule has 2 saturated carbocycles. The Morgan fingerprint density at radius 2 is 1.85 bits per heavy atom. The normalized spacial score (nSPS) is 21.9. The molecule has 2 atom stereocenters. The topological polar surface area (TPSA) is 107 Å². The Labute approximate surface area is 241 Å². The van der Waals surface area contributed by atoms with Crippen molar-refractivity contribution in [2.24, 2.45) is 5.41 Å². The maximum absolute atomic E-state index is 13.5. The second kappa shape index (κ2) is 10.2. The zero-order valence-electron chi connectivity index (χ0n) is 24.0. The molecule has 0 saturated heterocycles. The number of nitrogens with zero attached hydrogens (tertiary/aromatic N) is 2. The largest absolute Gasteiger partial charge is 0.497 e. The molecular weight excluding hydrogens is 542 g/mol. The van der Waals surface area contributed by atoms with Crippen LogP contribution in [0.2, 0.25) is 0 Å². The van der Waals surface area contributed by atoms with E-state index in [1.54, 1.807) is 19.2 Å². The van der Waals surface area contributed by atoms with Gasteiger partial charge in [0.1, 0.15) is 5.75 Å². The highest BCUT2D eigenvalue weighted by atomic mass is 32.2. The minimum Gasteiger partial charge on any atom is -0.497 e. The Morgan fingerprint density at radius 1 is 1.10 bits per heavy atom. The van der Waals surface area contributed by atoms with Crippen molar-refractivity contribution in [3.8, 4) is 17.0 Å². The number of fused-ring (bicyclic) bond motifs is 7. The third kappa shape index (κ3) is 4.52. The number of esters is 1. The van der Waals surface area contributed by atoms with Crippen molar-refractivity contribution in [3.05, 3.63) is 53.1 Å². The van der Waals surface area contributed by atoms with Gasteiger partial charge in [0.2, 0.25) is 0 Å². The molecule has 1 aliphatic heterocycles. The molecule has 0 spiro atoms. The Morgan fingerprint density at radius 3 is 2.54 bits per heavy atom. The Hall–Kier alpha value is -3.37. The van der Waals surface area contributed by atoms with E-state index in [1.165, 1.54) is 26.1 Å². The fourth-order valence-electron chi connectivity index (χ4n) is 6.95. The molecular formula is C31H37N3O6S. The number of carbonyl (C=O) groups is 2. The summed E-state index contributed by atoms with van der Waals surface area (Å²) < 4.78 is 41.4. The fourth-order valence-corrected chi connectivity index (χ4v) is 7.49. The molecule has 41 heavy (non-hydrogen) atoms. The molecule has 0 bridgehead atoms. The summed E-state index contributed by atoms with van der Waals surface area (Å²) in [6.07, 6.45) is 6.36. The lowest BCUT2D eigenvalue weighted by Crippen LogP contribution is -2.39. The summed E-state index contributed by atoms with van der Waals surface area (Å²) >= 11 is 0. The predicted molar refractivity (Wildman–Crippen MR) is 156 cm³/mol. The second-order valence-electron chi connectivity index (χ2n) is 11.7. The zero-order valence-corrected chi connectivity index (χ0v) is 24.8. The number of ether oxygens (including phenoxy) is 2. The first kappa shape index (κ1) is 27.8. The molecule has 1 aromatic heterocycles. The van der Waals surface area contributed by atoms with Crippen molar-refractivity contribution < 1.29 is 27.5 Å². The molecule has 1 N–H and O–H groups in total. The van der Waals surface area contributed by atoms with Crippen molar-refractivity contribution in [1.82, 2.24) is 13.6 Å². The number of nitrogens with one attached hydrogen (secondary N) is 1. The highest BCUT2D eigenvalue weighted by molar-refractivity contribution is 7.87. The van der Waals surface area contributed by atoms with Crippen molar-refractivity contribution in [2.75, 3.05) is 27.8 Å². The molecule has 3 aromatic rings. The molecule has 1 amide bonds. The molecule has 2 fully saturated rings. The van der Waals surface area contributed by atoms with Crippen LogP contribution >= 0.6 is 0 Å². The van der Waals surface area contributed by atoms with Crippen LogP contribution in [0.3, 0.4) is 0 Å². The van der Waals surface area contributed by atoms with E-state index in [1.807, 2.05) is 19.1 Å². The lowest BCUT2D eigenvalue weighted by Gasteiger charge is -2.24. The summed E-state index contributed by atoms with van der Waals surface area (Å²) in [4.78, 5) is 26.7. The van der Waals surface area contributed by atoms with E-state index >= 15 is 0 Å². The first-order valence-corrected chi connectivity index (χ1v) is 15.8. The SMILES string of the molecule is CCOC(=O)C12CC1c1cc(OC)ccc1-c1c(C3CCCCC3)c3ccc(C(=O)NS(=O)(=O)N(C)C)cc3n1C2. The first-order chi connectivity index (χ1) is 19.6. The lowest BCUT2D eigenvalue weighted by atomic mass is 9.81. The summed E-state index contributed by atoms with van der Waals surface area (Å²) in [6.45, 7) is 2.55. The zero-order chi connectivity index (χ0) is 29.1. The highest BCUT2D eigenvalue weighted by Gasteiger charge is 2.64. The lowest BCUT2D eigenvalue weighted by molar-refractivity contribution is -0.150. The van der Waals surface area contributed by atoms with Gasteiger partial charge in [-0.2, -0.15) is 12.7 Å². The Kier molecular flexibility index (Phi) is 6.89. The van der Waals surface area contributed by atoms with Crippen LogP contribution in [0.5, 0.6) is 5.75 Å². The minimum absolute atomic E-state index is 0.00229. The van der Waals surface area contributed by atoms with Gasteiger partial charge in [-0.05, 0) is 73.6 Å².